The van der Waals surface area contributed by atoms with E-state index in [1.807, 2.05) is 0 Å². The van der Waals surface area contributed by atoms with Gasteiger partial charge in [-0.1, -0.05) is 116 Å². The summed E-state index contributed by atoms with van der Waals surface area (Å²) in [5.74, 6) is -0.920. The van der Waals surface area contributed by atoms with Gasteiger partial charge in [-0.2, -0.15) is 8.42 Å². The molecule has 0 bridgehead atoms. The Morgan fingerprint density at radius 1 is 0.733 bits per heavy atom. The average molecular weight is 481 g/mol. The van der Waals surface area contributed by atoms with Crippen molar-refractivity contribution in [3.8, 4) is 0 Å². The molecular weight excluding hydrogens is 432 g/mol. The van der Waals surface area contributed by atoms with Gasteiger partial charge in [0, 0.05) is 0 Å². The molecule has 8 heteroatoms. The third-order valence-corrected chi connectivity index (χ3v) is 25.7. The fraction of sp³-hybridized carbons (Fsp3) is 0.955. The summed E-state index contributed by atoms with van der Waals surface area (Å²) in [6, 6.07) is 4.96. The van der Waals surface area contributed by atoms with Crippen LogP contribution in [-0.4, -0.2) is 45.4 Å². The maximum Gasteiger partial charge on any atom is 0.305 e. The molecule has 1 atom stereocenters. The van der Waals surface area contributed by atoms with Crippen LogP contribution in [0.4, 0.5) is 0 Å². The number of carboxylic acids is 1. The second-order valence-electron chi connectivity index (χ2n) is 9.33. The van der Waals surface area contributed by atoms with E-state index in [2.05, 4.69) is 41.5 Å². The first-order valence-electron chi connectivity index (χ1n) is 12.2. The molecule has 180 valence electrons. The lowest BCUT2D eigenvalue weighted by atomic mass is 10.3. The summed E-state index contributed by atoms with van der Waals surface area (Å²) in [5.41, 5.74) is 0. The predicted molar refractivity (Wildman–Crippen MR) is 133 cm³/mol. The van der Waals surface area contributed by atoms with E-state index in [0.717, 1.165) is 74.8 Å². The van der Waals surface area contributed by atoms with Gasteiger partial charge in [0.1, 0.15) is 0 Å². The summed E-state index contributed by atoms with van der Waals surface area (Å²) in [6.45, 7) is 14.1. The molecule has 0 aliphatic heterocycles. The SMILES string of the molecule is CCC[Si](CCC)(CCC)C(C(=O)O)(C(C)S(=O)(=O)O)[Si](CCC)(CCC)CCC. The molecule has 5 nitrogen and oxygen atoms in total. The van der Waals surface area contributed by atoms with E-state index < -0.39 is 42.1 Å². The van der Waals surface area contributed by atoms with Crippen molar-refractivity contribution in [1.82, 2.24) is 0 Å². The molecule has 0 saturated heterocycles. The Bertz CT molecular complexity index is 561. The van der Waals surface area contributed by atoms with Gasteiger partial charge < -0.3 is 5.11 Å². The Morgan fingerprint density at radius 3 is 1.10 bits per heavy atom. The maximum atomic E-state index is 13.5. The van der Waals surface area contributed by atoms with Gasteiger partial charge in [0.05, 0.1) is 26.1 Å². The van der Waals surface area contributed by atoms with Crippen molar-refractivity contribution in [2.45, 2.75) is 133 Å². The van der Waals surface area contributed by atoms with Crippen LogP contribution in [0, 0.1) is 0 Å². The first-order valence-corrected chi connectivity index (χ1v) is 18.9. The van der Waals surface area contributed by atoms with Crippen molar-refractivity contribution in [3.63, 3.8) is 0 Å². The molecule has 0 fully saturated rings. The van der Waals surface area contributed by atoms with Crippen LogP contribution in [0.5, 0.6) is 0 Å². The van der Waals surface area contributed by atoms with Crippen LogP contribution in [-0.2, 0) is 14.9 Å². The lowest BCUT2D eigenvalue weighted by Gasteiger charge is -2.59. The molecule has 1 unspecified atom stereocenters. The van der Waals surface area contributed by atoms with Gasteiger partial charge in [0.15, 0.2) is 0 Å². The minimum atomic E-state index is -4.49. The van der Waals surface area contributed by atoms with Gasteiger partial charge in [-0.3, -0.25) is 9.35 Å². The molecular formula is C22H48O5SSi2. The molecule has 0 radical (unpaired) electrons. The number of rotatable bonds is 17. The molecule has 0 amide bonds. The molecule has 0 saturated carbocycles. The molecule has 0 aliphatic rings. The van der Waals surface area contributed by atoms with Gasteiger partial charge in [-0.05, 0) is 6.92 Å². The topological polar surface area (TPSA) is 91.7 Å². The van der Waals surface area contributed by atoms with Crippen molar-refractivity contribution in [1.29, 1.82) is 0 Å². The smallest absolute Gasteiger partial charge is 0.305 e. The lowest BCUT2D eigenvalue weighted by Crippen LogP contribution is -2.71. The monoisotopic (exact) mass is 480 g/mol. The second kappa shape index (κ2) is 12.7. The van der Waals surface area contributed by atoms with E-state index in [1.165, 1.54) is 6.92 Å². The van der Waals surface area contributed by atoms with Crippen LogP contribution in [0.1, 0.15) is 87.0 Å². The first kappa shape index (κ1) is 29.8. The third-order valence-electron chi connectivity index (χ3n) is 7.44. The average Bonchev–Trinajstić information content (AvgIpc) is 2.62. The van der Waals surface area contributed by atoms with Gasteiger partial charge in [0.2, 0.25) is 0 Å². The summed E-state index contributed by atoms with van der Waals surface area (Å²) >= 11 is 0. The maximum absolute atomic E-state index is 13.5. The molecule has 0 heterocycles. The zero-order valence-electron chi connectivity index (χ0n) is 20.6. The summed E-state index contributed by atoms with van der Waals surface area (Å²) in [5, 5.41) is 9.84. The number of aliphatic carboxylic acids is 1. The van der Waals surface area contributed by atoms with Gasteiger partial charge in [-0.15, -0.1) is 0 Å². The minimum absolute atomic E-state index is 0.826. The molecule has 0 aromatic heterocycles. The van der Waals surface area contributed by atoms with E-state index in [1.54, 1.807) is 0 Å². The van der Waals surface area contributed by atoms with Gasteiger partial charge in [-0.25, -0.2) is 0 Å². The Kier molecular flexibility index (Phi) is 12.7. The zero-order chi connectivity index (χ0) is 23.6. The van der Waals surface area contributed by atoms with Gasteiger partial charge >= 0.3 is 5.97 Å². The normalized spacial score (nSPS) is 14.7. The highest BCUT2D eigenvalue weighted by Crippen LogP contribution is 2.62. The summed E-state index contributed by atoms with van der Waals surface area (Å²) < 4.78 is 34.6. The highest BCUT2D eigenvalue weighted by atomic mass is 32.2. The van der Waals surface area contributed by atoms with E-state index in [9.17, 15) is 22.9 Å². The fourth-order valence-electron chi connectivity index (χ4n) is 7.08. The second-order valence-corrected chi connectivity index (χ2v) is 21.3. The standard InChI is InChI=1S/C22H48O5SSi2/c1-8-14-29(15-9-2,16-10-3)22(21(23)24,20(7)28(25,26)27)30(17-11-4,18-12-5)19-13-6/h20H,8-19H2,1-7H3,(H,23,24)(H,25,26,27). The highest BCUT2D eigenvalue weighted by molar-refractivity contribution is 7.86. The number of carbonyl (C=O) groups is 1. The van der Waals surface area contributed by atoms with Crippen molar-refractivity contribution in [2.75, 3.05) is 0 Å². The van der Waals surface area contributed by atoms with E-state index in [0.29, 0.717) is 0 Å². The fourth-order valence-corrected chi connectivity index (χ4v) is 29.0. The molecule has 2 N–H and O–H groups in total. The van der Waals surface area contributed by atoms with Crippen molar-refractivity contribution in [2.24, 2.45) is 0 Å². The molecule has 30 heavy (non-hydrogen) atoms. The molecule has 0 spiro atoms. The summed E-state index contributed by atoms with van der Waals surface area (Å²) in [7, 11) is -9.76. The Balaban J connectivity index is 7.72. The zero-order valence-corrected chi connectivity index (χ0v) is 23.4. The van der Waals surface area contributed by atoms with E-state index in [4.69, 9.17) is 0 Å². The van der Waals surface area contributed by atoms with E-state index >= 15 is 0 Å². The Labute approximate surface area is 188 Å². The number of hydrogen-bond acceptors (Lipinski definition) is 3. The third kappa shape index (κ3) is 5.59. The summed E-state index contributed by atoms with van der Waals surface area (Å²) in [6.07, 6.45) is 5.22. The van der Waals surface area contributed by atoms with Crippen LogP contribution < -0.4 is 0 Å². The molecule has 0 aromatic carbocycles. The minimum Gasteiger partial charge on any atom is -0.481 e. The molecule has 0 aliphatic carbocycles. The van der Waals surface area contributed by atoms with Crippen LogP contribution in [0.2, 0.25) is 40.9 Å². The van der Waals surface area contributed by atoms with Crippen LogP contribution in [0.3, 0.4) is 0 Å². The van der Waals surface area contributed by atoms with Crippen LogP contribution in [0.25, 0.3) is 0 Å². The van der Waals surface area contributed by atoms with Crippen LogP contribution >= 0.6 is 0 Å². The van der Waals surface area contributed by atoms with Crippen molar-refractivity contribution in [3.05, 3.63) is 0 Å². The summed E-state index contributed by atoms with van der Waals surface area (Å²) in [4.78, 5) is 13.5. The largest absolute Gasteiger partial charge is 0.481 e. The highest BCUT2D eigenvalue weighted by Gasteiger charge is 2.71. The van der Waals surface area contributed by atoms with E-state index in [-0.39, 0.29) is 0 Å². The number of hydrogen-bond donors (Lipinski definition) is 2. The van der Waals surface area contributed by atoms with Crippen molar-refractivity contribution >= 4 is 32.2 Å². The number of carboxylic acid groups (broad SMARTS) is 1. The molecule has 0 rings (SSSR count). The van der Waals surface area contributed by atoms with Crippen LogP contribution in [0.15, 0.2) is 0 Å². The lowest BCUT2D eigenvalue weighted by molar-refractivity contribution is -0.138. The Morgan fingerprint density at radius 2 is 0.967 bits per heavy atom. The first-order chi connectivity index (χ1) is 14.0. The predicted octanol–water partition coefficient (Wildman–Crippen LogP) is 6.98. The quantitative estimate of drug-likeness (QED) is 0.173. The van der Waals surface area contributed by atoms with Gasteiger partial charge in [0.25, 0.3) is 10.1 Å². The molecule has 0 aromatic rings. The Hall–Kier alpha value is -0.186. The van der Waals surface area contributed by atoms with Crippen molar-refractivity contribution < 1.29 is 22.9 Å².